The molecule has 1 aliphatic rings. The third-order valence-electron chi connectivity index (χ3n) is 2.26. The van der Waals surface area contributed by atoms with Gasteiger partial charge in [0.05, 0.1) is 11.4 Å². The van der Waals surface area contributed by atoms with Crippen LogP contribution in [0.3, 0.4) is 0 Å². The van der Waals surface area contributed by atoms with Gasteiger partial charge >= 0.3 is 0 Å². The predicted molar refractivity (Wildman–Crippen MR) is 58.3 cm³/mol. The van der Waals surface area contributed by atoms with Crippen LogP contribution in [0.2, 0.25) is 0 Å². The fraction of sp³-hybridized carbons (Fsp3) is 0.636. The van der Waals surface area contributed by atoms with Crippen LogP contribution >= 0.6 is 0 Å². The lowest BCUT2D eigenvalue weighted by molar-refractivity contribution is 0.624. The quantitative estimate of drug-likeness (QED) is 0.589. The summed E-state index contributed by atoms with van der Waals surface area (Å²) < 4.78 is 0. The molecule has 1 rings (SSSR count). The van der Waals surface area contributed by atoms with E-state index in [0.29, 0.717) is 5.92 Å². The number of hydrogen-bond acceptors (Lipinski definition) is 2. The van der Waals surface area contributed by atoms with Crippen LogP contribution in [0.25, 0.3) is 0 Å². The maximum Gasteiger partial charge on any atom is 0.0596 e. The van der Waals surface area contributed by atoms with E-state index in [2.05, 4.69) is 44.0 Å². The zero-order valence-electron chi connectivity index (χ0n) is 9.13. The predicted octanol–water partition coefficient (Wildman–Crippen LogP) is 3.06. The van der Waals surface area contributed by atoms with Gasteiger partial charge in [0.2, 0.25) is 0 Å². The van der Waals surface area contributed by atoms with Crippen molar-refractivity contribution in [2.75, 3.05) is 0 Å². The minimum absolute atomic E-state index is 0.0371. The molecule has 0 spiro atoms. The third kappa shape index (κ3) is 2.27. The Morgan fingerprint density at radius 1 is 1.23 bits per heavy atom. The molecule has 13 heavy (non-hydrogen) atoms. The summed E-state index contributed by atoms with van der Waals surface area (Å²) >= 11 is 0. The molecular formula is C11H18N2. The van der Waals surface area contributed by atoms with Crippen LogP contribution in [0.15, 0.2) is 22.4 Å². The lowest BCUT2D eigenvalue weighted by Crippen LogP contribution is -2.26. The van der Waals surface area contributed by atoms with E-state index in [1.807, 2.05) is 13.0 Å². The van der Waals surface area contributed by atoms with Crippen LogP contribution in [-0.4, -0.2) is 11.4 Å². The minimum Gasteiger partial charge on any atom is -0.159 e. The Bertz CT molecular complexity index is 280. The van der Waals surface area contributed by atoms with E-state index in [1.165, 1.54) is 0 Å². The van der Waals surface area contributed by atoms with E-state index >= 15 is 0 Å². The summed E-state index contributed by atoms with van der Waals surface area (Å²) in [6.07, 6.45) is 4.22. The number of allylic oxidation sites excluding steroid dienone is 2. The zero-order valence-corrected chi connectivity index (χ0v) is 9.13. The largest absolute Gasteiger partial charge is 0.159 e. The van der Waals surface area contributed by atoms with Gasteiger partial charge in [-0.15, -0.1) is 0 Å². The van der Waals surface area contributed by atoms with E-state index in [1.54, 1.807) is 0 Å². The Morgan fingerprint density at radius 3 is 2.38 bits per heavy atom. The average Bonchev–Trinajstić information content (AvgIpc) is 2.11. The topological polar surface area (TPSA) is 24.7 Å². The van der Waals surface area contributed by atoms with Crippen LogP contribution in [-0.2, 0) is 0 Å². The van der Waals surface area contributed by atoms with Crippen molar-refractivity contribution >= 4 is 11.4 Å². The summed E-state index contributed by atoms with van der Waals surface area (Å²) in [7, 11) is 0. The average molecular weight is 178 g/mol. The van der Waals surface area contributed by atoms with Gasteiger partial charge in [0, 0.05) is 5.41 Å². The molecule has 1 heterocycles. The molecule has 2 heteroatoms. The first-order valence-electron chi connectivity index (χ1n) is 4.75. The lowest BCUT2D eigenvalue weighted by Gasteiger charge is -2.23. The maximum atomic E-state index is 4.30. The van der Waals surface area contributed by atoms with Gasteiger partial charge in [-0.2, -0.15) is 10.2 Å². The molecule has 0 atom stereocenters. The summed E-state index contributed by atoms with van der Waals surface area (Å²) in [5.41, 5.74) is 2.17. The zero-order chi connectivity index (χ0) is 10.1. The number of hydrogen-bond donors (Lipinski definition) is 0. The molecule has 0 saturated heterocycles. The van der Waals surface area contributed by atoms with Gasteiger partial charge in [0.1, 0.15) is 0 Å². The van der Waals surface area contributed by atoms with Crippen molar-refractivity contribution in [1.29, 1.82) is 0 Å². The van der Waals surface area contributed by atoms with E-state index in [4.69, 9.17) is 0 Å². The Labute approximate surface area is 80.5 Å². The van der Waals surface area contributed by atoms with Crippen LogP contribution in [0.4, 0.5) is 0 Å². The Balaban J connectivity index is 3.09. The molecule has 0 radical (unpaired) electrons. The second kappa shape index (κ2) is 3.44. The summed E-state index contributed by atoms with van der Waals surface area (Å²) in [6, 6.07) is 0. The Hall–Kier alpha value is -0.920. The molecule has 72 valence electrons. The molecule has 0 aromatic heterocycles. The van der Waals surface area contributed by atoms with Gasteiger partial charge < -0.3 is 0 Å². The molecule has 0 aliphatic carbocycles. The summed E-state index contributed by atoms with van der Waals surface area (Å²) in [4.78, 5) is 0. The highest BCUT2D eigenvalue weighted by molar-refractivity contribution is 5.99. The van der Waals surface area contributed by atoms with Crippen LogP contribution in [0.1, 0.15) is 34.6 Å². The summed E-state index contributed by atoms with van der Waals surface area (Å²) in [5, 5.41) is 8.44. The SMILES string of the molecule is CC1=NN=C(C(C)C)C(C)(C)C=C1. The monoisotopic (exact) mass is 178 g/mol. The van der Waals surface area contributed by atoms with Gasteiger partial charge in [-0.25, -0.2) is 0 Å². The fourth-order valence-corrected chi connectivity index (χ4v) is 1.57. The summed E-state index contributed by atoms with van der Waals surface area (Å²) in [5.74, 6) is 0.453. The normalized spacial score (nSPS) is 21.1. The fourth-order valence-electron chi connectivity index (χ4n) is 1.57. The molecule has 0 N–H and O–H groups in total. The number of rotatable bonds is 1. The first-order valence-corrected chi connectivity index (χ1v) is 4.75. The van der Waals surface area contributed by atoms with Gasteiger partial charge in [0.25, 0.3) is 0 Å². The van der Waals surface area contributed by atoms with E-state index < -0.39 is 0 Å². The molecule has 0 bridgehead atoms. The van der Waals surface area contributed by atoms with Crippen molar-refractivity contribution < 1.29 is 0 Å². The molecule has 0 unspecified atom stereocenters. The second-order valence-corrected chi connectivity index (χ2v) is 4.44. The smallest absolute Gasteiger partial charge is 0.0596 e. The van der Waals surface area contributed by atoms with Crippen molar-refractivity contribution in [3.05, 3.63) is 12.2 Å². The molecule has 0 amide bonds. The Morgan fingerprint density at radius 2 is 1.85 bits per heavy atom. The van der Waals surface area contributed by atoms with Gasteiger partial charge in [-0.1, -0.05) is 33.8 Å². The number of nitrogens with zero attached hydrogens (tertiary/aromatic N) is 2. The first-order chi connectivity index (χ1) is 5.93. The minimum atomic E-state index is 0.0371. The second-order valence-electron chi connectivity index (χ2n) is 4.44. The van der Waals surface area contributed by atoms with Crippen LogP contribution < -0.4 is 0 Å². The van der Waals surface area contributed by atoms with Crippen molar-refractivity contribution in [2.24, 2.45) is 21.5 Å². The third-order valence-corrected chi connectivity index (χ3v) is 2.26. The molecule has 0 saturated carbocycles. The van der Waals surface area contributed by atoms with Crippen molar-refractivity contribution in [3.63, 3.8) is 0 Å². The van der Waals surface area contributed by atoms with E-state index in [9.17, 15) is 0 Å². The van der Waals surface area contributed by atoms with Gasteiger partial charge in [-0.05, 0) is 18.9 Å². The molecular weight excluding hydrogens is 160 g/mol. The standard InChI is InChI=1S/C11H18N2/c1-8(2)10-11(4,5)7-6-9(3)12-13-10/h6-8H,1-5H3. The van der Waals surface area contributed by atoms with Crippen molar-refractivity contribution in [2.45, 2.75) is 34.6 Å². The van der Waals surface area contributed by atoms with Crippen LogP contribution in [0, 0.1) is 11.3 Å². The lowest BCUT2D eigenvalue weighted by atomic mass is 9.81. The molecule has 0 aromatic rings. The highest BCUT2D eigenvalue weighted by Gasteiger charge is 2.25. The highest BCUT2D eigenvalue weighted by Crippen LogP contribution is 2.26. The summed E-state index contributed by atoms with van der Waals surface area (Å²) in [6.45, 7) is 10.6. The maximum absolute atomic E-state index is 4.30. The molecule has 2 nitrogen and oxygen atoms in total. The van der Waals surface area contributed by atoms with Gasteiger partial charge in [-0.3, -0.25) is 0 Å². The first kappa shape index (κ1) is 10.2. The highest BCUT2D eigenvalue weighted by atomic mass is 15.2. The van der Waals surface area contributed by atoms with Crippen LogP contribution in [0.5, 0.6) is 0 Å². The van der Waals surface area contributed by atoms with Crippen molar-refractivity contribution in [1.82, 2.24) is 0 Å². The van der Waals surface area contributed by atoms with E-state index in [-0.39, 0.29) is 5.41 Å². The Kier molecular flexibility index (Phi) is 2.69. The molecule has 0 aromatic carbocycles. The van der Waals surface area contributed by atoms with E-state index in [0.717, 1.165) is 11.4 Å². The van der Waals surface area contributed by atoms with Gasteiger partial charge in [0.15, 0.2) is 0 Å². The molecule has 0 fully saturated rings. The molecule has 1 aliphatic heterocycles. The van der Waals surface area contributed by atoms with Crippen molar-refractivity contribution in [3.8, 4) is 0 Å².